The molecule has 0 aliphatic heterocycles. The Bertz CT molecular complexity index is 175. The zero-order valence-electron chi connectivity index (χ0n) is 11.2. The molecule has 0 bridgehead atoms. The number of nitrogens with zero attached hydrogens (tertiary/aromatic N) is 1. The zero-order chi connectivity index (χ0) is 11.8. The van der Waals surface area contributed by atoms with Gasteiger partial charge in [-0.3, -0.25) is 4.90 Å². The molecule has 0 amide bonds. The Morgan fingerprint density at radius 1 is 1.25 bits per heavy atom. The topological polar surface area (TPSA) is 24.5 Å². The van der Waals surface area contributed by atoms with E-state index in [4.69, 9.17) is 4.74 Å². The minimum absolute atomic E-state index is 0.675. The summed E-state index contributed by atoms with van der Waals surface area (Å²) in [7, 11) is 4.02. The number of hydrogen-bond acceptors (Lipinski definition) is 3. The first-order valence-corrected chi connectivity index (χ1v) is 6.72. The quantitative estimate of drug-likeness (QED) is 0.703. The van der Waals surface area contributed by atoms with E-state index in [2.05, 4.69) is 24.2 Å². The van der Waals surface area contributed by atoms with E-state index < -0.39 is 0 Å². The average molecular weight is 228 g/mol. The van der Waals surface area contributed by atoms with Crippen LogP contribution in [0.3, 0.4) is 0 Å². The third-order valence-corrected chi connectivity index (χ3v) is 3.66. The van der Waals surface area contributed by atoms with Gasteiger partial charge in [0.25, 0.3) is 0 Å². The predicted molar refractivity (Wildman–Crippen MR) is 68.8 cm³/mol. The highest BCUT2D eigenvalue weighted by Crippen LogP contribution is 2.21. The Morgan fingerprint density at radius 2 is 2.00 bits per heavy atom. The highest BCUT2D eigenvalue weighted by molar-refractivity contribution is 4.85. The molecule has 16 heavy (non-hydrogen) atoms. The van der Waals surface area contributed by atoms with E-state index in [1.165, 1.54) is 32.1 Å². The molecule has 1 saturated carbocycles. The number of rotatable bonds is 6. The van der Waals surface area contributed by atoms with E-state index in [1.54, 1.807) is 7.11 Å². The van der Waals surface area contributed by atoms with Gasteiger partial charge < -0.3 is 10.1 Å². The van der Waals surface area contributed by atoms with Crippen LogP contribution < -0.4 is 5.32 Å². The fraction of sp³-hybridized carbons (Fsp3) is 1.00. The summed E-state index contributed by atoms with van der Waals surface area (Å²) in [6.45, 7) is 5.17. The number of nitrogens with one attached hydrogen (secondary N) is 1. The highest BCUT2D eigenvalue weighted by atomic mass is 16.5. The molecule has 0 saturated heterocycles. The van der Waals surface area contributed by atoms with Crippen LogP contribution in [0.15, 0.2) is 0 Å². The molecule has 0 radical (unpaired) electrons. The van der Waals surface area contributed by atoms with Crippen molar-refractivity contribution in [1.82, 2.24) is 10.2 Å². The van der Waals surface area contributed by atoms with Gasteiger partial charge in [0.15, 0.2) is 0 Å². The molecule has 1 aliphatic rings. The van der Waals surface area contributed by atoms with Crippen molar-refractivity contribution in [3.8, 4) is 0 Å². The normalized spacial score (nSPS) is 27.0. The largest absolute Gasteiger partial charge is 0.383 e. The summed E-state index contributed by atoms with van der Waals surface area (Å²) < 4.78 is 5.17. The van der Waals surface area contributed by atoms with Crippen molar-refractivity contribution in [1.29, 1.82) is 0 Å². The molecule has 2 atom stereocenters. The van der Waals surface area contributed by atoms with Crippen molar-refractivity contribution < 1.29 is 4.74 Å². The molecule has 96 valence electrons. The average Bonchev–Trinajstić information content (AvgIpc) is 2.52. The molecule has 0 aromatic carbocycles. The summed E-state index contributed by atoms with van der Waals surface area (Å²) in [5.41, 5.74) is 0. The summed E-state index contributed by atoms with van der Waals surface area (Å²) >= 11 is 0. The maximum atomic E-state index is 5.17. The molecule has 1 fully saturated rings. The minimum atomic E-state index is 0.675. The van der Waals surface area contributed by atoms with Crippen molar-refractivity contribution in [3.05, 3.63) is 0 Å². The van der Waals surface area contributed by atoms with Crippen molar-refractivity contribution >= 4 is 0 Å². The fourth-order valence-electron chi connectivity index (χ4n) is 2.72. The maximum absolute atomic E-state index is 5.17. The number of hydrogen-bond donors (Lipinski definition) is 1. The van der Waals surface area contributed by atoms with Crippen LogP contribution in [-0.4, -0.2) is 50.8 Å². The zero-order valence-corrected chi connectivity index (χ0v) is 11.2. The molecule has 0 aromatic rings. The Kier molecular flexibility index (Phi) is 7.01. The molecule has 2 unspecified atom stereocenters. The lowest BCUT2D eigenvalue weighted by atomic mass is 10.0. The number of ether oxygens (including phenoxy) is 1. The smallest absolute Gasteiger partial charge is 0.0589 e. The van der Waals surface area contributed by atoms with Crippen LogP contribution in [0.1, 0.15) is 39.0 Å². The first kappa shape index (κ1) is 13.9. The van der Waals surface area contributed by atoms with E-state index in [0.29, 0.717) is 12.1 Å². The molecule has 3 heteroatoms. The van der Waals surface area contributed by atoms with Crippen molar-refractivity contribution in [2.24, 2.45) is 0 Å². The molecule has 0 heterocycles. The van der Waals surface area contributed by atoms with Crippen LogP contribution in [0.25, 0.3) is 0 Å². The Balaban J connectivity index is 2.48. The van der Waals surface area contributed by atoms with Gasteiger partial charge >= 0.3 is 0 Å². The number of methoxy groups -OCH3 is 1. The molecule has 1 rings (SSSR count). The van der Waals surface area contributed by atoms with Gasteiger partial charge in [0, 0.05) is 25.7 Å². The molecule has 0 spiro atoms. The summed E-state index contributed by atoms with van der Waals surface area (Å²) in [5.74, 6) is 0. The third kappa shape index (κ3) is 4.40. The first-order chi connectivity index (χ1) is 7.79. The van der Waals surface area contributed by atoms with Gasteiger partial charge in [0.1, 0.15) is 0 Å². The monoisotopic (exact) mass is 228 g/mol. The van der Waals surface area contributed by atoms with E-state index in [-0.39, 0.29) is 0 Å². The summed E-state index contributed by atoms with van der Waals surface area (Å²) in [4.78, 5) is 2.47. The lowest BCUT2D eigenvalue weighted by molar-refractivity contribution is 0.119. The van der Waals surface area contributed by atoms with Crippen molar-refractivity contribution in [2.75, 3.05) is 33.9 Å². The van der Waals surface area contributed by atoms with E-state index >= 15 is 0 Å². The third-order valence-electron chi connectivity index (χ3n) is 3.66. The highest BCUT2D eigenvalue weighted by Gasteiger charge is 2.25. The predicted octanol–water partition coefficient (Wildman–Crippen LogP) is 1.88. The first-order valence-electron chi connectivity index (χ1n) is 6.72. The Hall–Kier alpha value is -0.120. The maximum Gasteiger partial charge on any atom is 0.0589 e. The van der Waals surface area contributed by atoms with Crippen molar-refractivity contribution in [3.63, 3.8) is 0 Å². The second kappa shape index (κ2) is 8.04. The van der Waals surface area contributed by atoms with Crippen LogP contribution in [0.2, 0.25) is 0 Å². The molecule has 0 aromatic heterocycles. The SMILES string of the molecule is CCNC1CCCCCC1N(C)CCOC. The van der Waals surface area contributed by atoms with Gasteiger partial charge in [-0.2, -0.15) is 0 Å². The fourth-order valence-corrected chi connectivity index (χ4v) is 2.72. The van der Waals surface area contributed by atoms with E-state index in [1.807, 2.05) is 0 Å². The summed E-state index contributed by atoms with van der Waals surface area (Å²) in [6.07, 6.45) is 6.82. The van der Waals surface area contributed by atoms with Crippen LogP contribution in [0.4, 0.5) is 0 Å². The molecular weight excluding hydrogens is 200 g/mol. The lowest BCUT2D eigenvalue weighted by Gasteiger charge is -2.34. The molecule has 3 nitrogen and oxygen atoms in total. The van der Waals surface area contributed by atoms with Crippen LogP contribution in [-0.2, 0) is 4.74 Å². The standard InChI is InChI=1S/C13H28N2O/c1-4-14-12-8-6-5-7-9-13(12)15(2)10-11-16-3/h12-14H,4-11H2,1-3H3. The van der Waals surface area contributed by atoms with Crippen LogP contribution in [0.5, 0.6) is 0 Å². The van der Waals surface area contributed by atoms with E-state index in [9.17, 15) is 0 Å². The second-order valence-corrected chi connectivity index (χ2v) is 4.84. The summed E-state index contributed by atoms with van der Waals surface area (Å²) in [6, 6.07) is 1.37. The van der Waals surface area contributed by atoms with Gasteiger partial charge in [-0.1, -0.05) is 26.2 Å². The van der Waals surface area contributed by atoms with Gasteiger partial charge in [0.05, 0.1) is 6.61 Å². The molecule has 1 aliphatic carbocycles. The van der Waals surface area contributed by atoms with Crippen LogP contribution >= 0.6 is 0 Å². The lowest BCUT2D eigenvalue weighted by Crippen LogP contribution is -2.48. The van der Waals surface area contributed by atoms with Gasteiger partial charge in [-0.05, 0) is 26.4 Å². The van der Waals surface area contributed by atoms with E-state index in [0.717, 1.165) is 19.7 Å². The number of likely N-dealkylation sites (N-methyl/N-ethyl adjacent to an activating group) is 2. The Morgan fingerprint density at radius 3 is 2.69 bits per heavy atom. The van der Waals surface area contributed by atoms with Crippen molar-refractivity contribution in [2.45, 2.75) is 51.1 Å². The molecular formula is C13H28N2O. The minimum Gasteiger partial charge on any atom is -0.383 e. The Labute approximate surface area is 101 Å². The second-order valence-electron chi connectivity index (χ2n) is 4.84. The summed E-state index contributed by atoms with van der Waals surface area (Å²) in [5, 5.41) is 3.65. The van der Waals surface area contributed by atoms with Crippen LogP contribution in [0, 0.1) is 0 Å². The molecule has 1 N–H and O–H groups in total. The van der Waals surface area contributed by atoms with Gasteiger partial charge in [-0.15, -0.1) is 0 Å². The van der Waals surface area contributed by atoms with Gasteiger partial charge in [0.2, 0.25) is 0 Å². The van der Waals surface area contributed by atoms with Gasteiger partial charge in [-0.25, -0.2) is 0 Å².